The molecule has 2 fully saturated rings. The molecule has 7 nitrogen and oxygen atoms in total. The predicted octanol–water partition coefficient (Wildman–Crippen LogP) is 6.98. The number of amides is 1. The second-order valence-electron chi connectivity index (χ2n) is 12.1. The molecular weight excluding hydrogens is 545 g/mol. The molecule has 2 aliphatic rings. The van der Waals surface area contributed by atoms with Crippen molar-refractivity contribution in [1.82, 2.24) is 19.7 Å². The van der Waals surface area contributed by atoms with E-state index in [0.717, 1.165) is 47.7 Å². The third kappa shape index (κ3) is 6.31. The van der Waals surface area contributed by atoms with E-state index < -0.39 is 40.8 Å². The molecule has 0 saturated heterocycles. The fourth-order valence-corrected chi connectivity index (χ4v) is 6.65. The molecule has 0 bridgehead atoms. The van der Waals surface area contributed by atoms with Crippen LogP contribution in [0.3, 0.4) is 0 Å². The van der Waals surface area contributed by atoms with Crippen LogP contribution in [0.15, 0.2) is 18.6 Å². The molecule has 0 aromatic carbocycles. The van der Waals surface area contributed by atoms with E-state index in [0.29, 0.717) is 24.4 Å². The molecule has 0 radical (unpaired) electrons. The van der Waals surface area contributed by atoms with Crippen LogP contribution in [0.4, 0.5) is 13.2 Å². The lowest BCUT2D eigenvalue weighted by Gasteiger charge is -2.35. The largest absolute Gasteiger partial charge is 0.481 e. The molecule has 11 heteroatoms. The first-order valence-electron chi connectivity index (χ1n) is 14.1. The number of nitrogens with zero attached hydrogens (tertiary/aromatic N) is 4. The van der Waals surface area contributed by atoms with Crippen molar-refractivity contribution >= 4 is 23.5 Å². The smallest absolute Gasteiger partial charge is 0.433 e. The molecule has 2 aromatic heterocycles. The van der Waals surface area contributed by atoms with Crippen LogP contribution in [-0.2, 0) is 23.8 Å². The number of hydrogen-bond acceptors (Lipinski definition) is 4. The highest BCUT2D eigenvalue weighted by Crippen LogP contribution is 2.44. The summed E-state index contributed by atoms with van der Waals surface area (Å²) in [6.45, 7) is 6.25. The lowest BCUT2D eigenvalue weighted by atomic mass is 9.74. The van der Waals surface area contributed by atoms with Crippen molar-refractivity contribution in [2.45, 2.75) is 97.2 Å². The Morgan fingerprint density at radius 1 is 1.12 bits per heavy atom. The number of pyridine rings is 1. The Labute approximate surface area is 238 Å². The maximum Gasteiger partial charge on any atom is 0.433 e. The van der Waals surface area contributed by atoms with Gasteiger partial charge in [-0.25, -0.2) is 0 Å². The number of carbonyl (C=O) groups excluding carboxylic acids is 1. The van der Waals surface area contributed by atoms with Gasteiger partial charge in [0.1, 0.15) is 0 Å². The van der Waals surface area contributed by atoms with E-state index in [1.165, 1.54) is 0 Å². The molecule has 4 rings (SSSR count). The second-order valence-corrected chi connectivity index (χ2v) is 12.5. The van der Waals surface area contributed by atoms with Gasteiger partial charge in [0.25, 0.3) is 5.91 Å². The zero-order valence-corrected chi connectivity index (χ0v) is 24.1. The molecule has 40 heavy (non-hydrogen) atoms. The monoisotopic (exact) mass is 582 g/mol. The van der Waals surface area contributed by atoms with Crippen LogP contribution >= 0.6 is 11.6 Å². The summed E-state index contributed by atoms with van der Waals surface area (Å²) >= 11 is 6.44. The average molecular weight is 583 g/mol. The Kier molecular flexibility index (Phi) is 8.88. The van der Waals surface area contributed by atoms with Crippen molar-refractivity contribution in [3.63, 3.8) is 0 Å². The number of halogens is 4. The number of rotatable bonds is 9. The van der Waals surface area contributed by atoms with Gasteiger partial charge in [0, 0.05) is 25.5 Å². The summed E-state index contributed by atoms with van der Waals surface area (Å²) in [4.78, 5) is 31.3. The van der Waals surface area contributed by atoms with Crippen LogP contribution in [0, 0.1) is 10.8 Å². The van der Waals surface area contributed by atoms with E-state index in [2.05, 4.69) is 17.0 Å². The van der Waals surface area contributed by atoms with E-state index in [4.69, 9.17) is 11.6 Å². The number of carbonyl (C=O) groups is 2. The zero-order valence-electron chi connectivity index (χ0n) is 23.4. The number of hydrogen-bond donors (Lipinski definition) is 1. The summed E-state index contributed by atoms with van der Waals surface area (Å²) in [5.41, 5.74) is -0.869. The van der Waals surface area contributed by atoms with Crippen LogP contribution < -0.4 is 0 Å². The Hall–Kier alpha value is -2.62. The summed E-state index contributed by atoms with van der Waals surface area (Å²) in [6.07, 6.45) is 5.43. The summed E-state index contributed by atoms with van der Waals surface area (Å²) in [6, 6.07) is -0.630. The van der Waals surface area contributed by atoms with E-state index in [1.807, 2.05) is 6.92 Å². The van der Waals surface area contributed by atoms with Crippen molar-refractivity contribution in [2.75, 3.05) is 13.1 Å². The highest BCUT2D eigenvalue weighted by molar-refractivity contribution is 6.31. The second kappa shape index (κ2) is 11.7. The summed E-state index contributed by atoms with van der Waals surface area (Å²) in [7, 11) is 0. The van der Waals surface area contributed by atoms with E-state index in [-0.39, 0.29) is 37.6 Å². The molecule has 0 aliphatic heterocycles. The number of aliphatic carboxylic acids is 1. The van der Waals surface area contributed by atoms with Gasteiger partial charge < -0.3 is 10.0 Å². The molecule has 0 spiro atoms. The van der Waals surface area contributed by atoms with Crippen molar-refractivity contribution in [3.05, 3.63) is 46.0 Å². The van der Waals surface area contributed by atoms with Gasteiger partial charge in [0.05, 0.1) is 28.2 Å². The minimum atomic E-state index is -4.80. The fraction of sp³-hybridized carbons (Fsp3) is 0.655. The van der Waals surface area contributed by atoms with Crippen LogP contribution in [0.1, 0.15) is 105 Å². The number of aryl methyl sites for hydroxylation is 1. The predicted molar refractivity (Wildman–Crippen MR) is 145 cm³/mol. The Bertz CT molecular complexity index is 1230. The lowest BCUT2D eigenvalue weighted by Crippen LogP contribution is -2.41. The minimum absolute atomic E-state index is 0.176. The molecule has 0 unspecified atom stereocenters. The molecule has 220 valence electrons. The third-order valence-electron chi connectivity index (χ3n) is 8.99. The highest BCUT2D eigenvalue weighted by atomic mass is 35.5. The zero-order chi connectivity index (χ0) is 29.3. The third-order valence-corrected chi connectivity index (χ3v) is 9.32. The van der Waals surface area contributed by atoms with E-state index >= 15 is 0 Å². The molecule has 2 aromatic rings. The van der Waals surface area contributed by atoms with Gasteiger partial charge in [-0.2, -0.15) is 18.3 Å². The van der Waals surface area contributed by atoms with Gasteiger partial charge in [-0.1, -0.05) is 38.3 Å². The van der Waals surface area contributed by atoms with Crippen LogP contribution in [0.25, 0.3) is 0 Å². The molecule has 1 N–H and O–H groups in total. The molecule has 1 amide bonds. The van der Waals surface area contributed by atoms with Crippen LogP contribution in [-0.4, -0.2) is 49.7 Å². The van der Waals surface area contributed by atoms with Crippen molar-refractivity contribution in [3.8, 4) is 0 Å². The van der Waals surface area contributed by atoms with E-state index in [9.17, 15) is 27.9 Å². The first-order chi connectivity index (χ1) is 18.8. The quantitative estimate of drug-likeness (QED) is 0.344. The fourth-order valence-electron chi connectivity index (χ4n) is 6.38. The molecular formula is C29H38ClF3N4O3. The number of alkyl halides is 3. The topological polar surface area (TPSA) is 88.3 Å². The molecule has 2 saturated carbocycles. The minimum Gasteiger partial charge on any atom is -0.481 e. The normalized spacial score (nSPS) is 22.8. The van der Waals surface area contributed by atoms with Gasteiger partial charge in [0.2, 0.25) is 0 Å². The standard InChI is InChI=1S/C29H38ClF3N4O3/c1-4-19-15-34-17-23(30)21(19)9-14-36(18-27(2)10-5-6-11-27)25(38)22-16-35-37(24(22)29(31,32)33)20-7-12-28(3,13-8-20)26(39)40/h15-17,20H,4-14,18H2,1-3H3,(H,39,40). The van der Waals surface area contributed by atoms with Gasteiger partial charge in [-0.15, -0.1) is 0 Å². The first-order valence-corrected chi connectivity index (χ1v) is 14.4. The highest BCUT2D eigenvalue weighted by Gasteiger charge is 2.45. The lowest BCUT2D eigenvalue weighted by molar-refractivity contribution is -0.152. The van der Waals surface area contributed by atoms with Gasteiger partial charge in [0.15, 0.2) is 5.69 Å². The molecule has 2 aliphatic carbocycles. The number of aromatic nitrogens is 3. The molecule has 0 atom stereocenters. The Morgan fingerprint density at radius 2 is 1.77 bits per heavy atom. The van der Waals surface area contributed by atoms with Gasteiger partial charge >= 0.3 is 12.1 Å². The van der Waals surface area contributed by atoms with Gasteiger partial charge in [-0.05, 0) is 74.8 Å². The van der Waals surface area contributed by atoms with Crippen molar-refractivity contribution in [2.24, 2.45) is 10.8 Å². The summed E-state index contributed by atoms with van der Waals surface area (Å²) < 4.78 is 44.5. The maximum absolute atomic E-state index is 14.5. The Morgan fingerprint density at radius 3 is 2.35 bits per heavy atom. The summed E-state index contributed by atoms with van der Waals surface area (Å²) in [5, 5.41) is 14.1. The first kappa shape index (κ1) is 30.3. The average Bonchev–Trinajstić information content (AvgIpc) is 3.54. The number of carboxylic acid groups (broad SMARTS) is 1. The van der Waals surface area contributed by atoms with E-state index in [1.54, 1.807) is 24.2 Å². The van der Waals surface area contributed by atoms with Gasteiger partial charge in [-0.3, -0.25) is 19.3 Å². The molecule has 2 heterocycles. The maximum atomic E-state index is 14.5. The number of carboxylic acids is 1. The van der Waals surface area contributed by atoms with Crippen LogP contribution in [0.5, 0.6) is 0 Å². The van der Waals surface area contributed by atoms with Crippen molar-refractivity contribution in [1.29, 1.82) is 0 Å². The SMILES string of the molecule is CCc1cncc(Cl)c1CCN(CC1(C)CCCC1)C(=O)c1cnn(C2CCC(C)(C(=O)O)CC2)c1C(F)(F)F. The van der Waals surface area contributed by atoms with Crippen molar-refractivity contribution < 1.29 is 27.9 Å². The van der Waals surface area contributed by atoms with Crippen LogP contribution in [0.2, 0.25) is 5.02 Å². The summed E-state index contributed by atoms with van der Waals surface area (Å²) in [5.74, 6) is -1.64. The Balaban J connectivity index is 1.65.